The molecule has 32 heavy (non-hydrogen) atoms. The number of carbonyl (C=O) groups is 1. The number of ketones is 1. The average Bonchev–Trinajstić information content (AvgIpc) is 2.99. The Balaban J connectivity index is 0.00000363. The second-order valence-corrected chi connectivity index (χ2v) is 11.8. The van der Waals surface area contributed by atoms with Crippen LogP contribution in [0.2, 0.25) is 10.0 Å². The van der Waals surface area contributed by atoms with Crippen molar-refractivity contribution in [3.8, 4) is 0 Å². The van der Waals surface area contributed by atoms with Gasteiger partial charge in [0.1, 0.15) is 0 Å². The summed E-state index contributed by atoms with van der Waals surface area (Å²) in [6.07, 6.45) is 8.76. The molecule has 9 heteroatoms. The number of hydrogen-bond acceptors (Lipinski definition) is 4. The van der Waals surface area contributed by atoms with Crippen molar-refractivity contribution >= 4 is 51.4 Å². The van der Waals surface area contributed by atoms with Crippen LogP contribution in [0.5, 0.6) is 0 Å². The van der Waals surface area contributed by atoms with Gasteiger partial charge < -0.3 is 0 Å². The minimum absolute atomic E-state index is 0. The summed E-state index contributed by atoms with van der Waals surface area (Å²) in [7, 11) is -3.16. The molecule has 0 amide bonds. The van der Waals surface area contributed by atoms with E-state index < -0.39 is 10.0 Å². The zero-order valence-electron chi connectivity index (χ0n) is 18.8. The molecule has 5 nitrogen and oxygen atoms in total. The first-order valence-corrected chi connectivity index (χ1v) is 13.8. The molecule has 0 bridgehead atoms. The van der Waals surface area contributed by atoms with Crippen molar-refractivity contribution in [3.63, 3.8) is 0 Å². The van der Waals surface area contributed by atoms with Crippen molar-refractivity contribution in [1.82, 2.24) is 9.21 Å². The largest absolute Gasteiger partial charge is 0.295 e. The van der Waals surface area contributed by atoms with Crippen LogP contribution in [0, 0.1) is 0 Å². The Hall–Kier alpha value is -0.370. The van der Waals surface area contributed by atoms with Gasteiger partial charge in [-0.1, -0.05) is 55.8 Å². The van der Waals surface area contributed by atoms with E-state index in [0.29, 0.717) is 41.5 Å². The van der Waals surface area contributed by atoms with Crippen LogP contribution < -0.4 is 0 Å². The Bertz CT molecular complexity index is 863. The fraction of sp³-hybridized carbons (Fsp3) is 0.696. The van der Waals surface area contributed by atoms with Crippen LogP contribution in [0.4, 0.5) is 0 Å². The third-order valence-corrected chi connectivity index (χ3v) is 9.47. The first kappa shape index (κ1) is 27.9. The Morgan fingerprint density at radius 3 is 2.22 bits per heavy atom. The van der Waals surface area contributed by atoms with Crippen LogP contribution in [-0.2, 0) is 10.0 Å². The van der Waals surface area contributed by atoms with E-state index in [0.717, 1.165) is 45.2 Å². The highest BCUT2D eigenvalue weighted by Crippen LogP contribution is 2.38. The molecule has 2 fully saturated rings. The second kappa shape index (κ2) is 12.4. The number of nitrogens with zero attached hydrogens (tertiary/aromatic N) is 2. The summed E-state index contributed by atoms with van der Waals surface area (Å²) in [4.78, 5) is 15.4. The topological polar surface area (TPSA) is 57.7 Å². The molecule has 0 N–H and O–H groups in total. The summed E-state index contributed by atoms with van der Waals surface area (Å²) in [5, 5.41) is 0.930. The first-order valence-electron chi connectivity index (χ1n) is 11.5. The van der Waals surface area contributed by atoms with Crippen molar-refractivity contribution in [3.05, 3.63) is 33.8 Å². The molecule has 0 radical (unpaired) electrons. The number of halogens is 3. The Morgan fingerprint density at radius 1 is 1.03 bits per heavy atom. The van der Waals surface area contributed by atoms with Gasteiger partial charge in [0.15, 0.2) is 5.78 Å². The first-order chi connectivity index (χ1) is 14.8. The molecule has 1 saturated carbocycles. The van der Waals surface area contributed by atoms with Gasteiger partial charge >= 0.3 is 0 Å². The number of carbonyl (C=O) groups excluding carboxylic acids is 1. The van der Waals surface area contributed by atoms with Crippen molar-refractivity contribution in [2.45, 2.75) is 70.3 Å². The number of rotatable bonds is 8. The van der Waals surface area contributed by atoms with E-state index in [-0.39, 0.29) is 29.5 Å². The lowest BCUT2D eigenvalue weighted by Crippen LogP contribution is -2.58. The molecule has 3 rings (SSSR count). The molecule has 1 aromatic carbocycles. The lowest BCUT2D eigenvalue weighted by Gasteiger charge is -2.48. The predicted octanol–water partition coefficient (Wildman–Crippen LogP) is 5.83. The highest BCUT2D eigenvalue weighted by Gasteiger charge is 2.40. The highest BCUT2D eigenvalue weighted by atomic mass is 35.5. The minimum Gasteiger partial charge on any atom is -0.295 e. The molecular weight excluding hydrogens is 491 g/mol. The maximum absolute atomic E-state index is 13.0. The molecule has 182 valence electrons. The molecule has 0 atom stereocenters. The number of sulfonamides is 1. The van der Waals surface area contributed by atoms with E-state index in [1.54, 1.807) is 22.5 Å². The van der Waals surface area contributed by atoms with Gasteiger partial charge in [-0.15, -0.1) is 12.4 Å². The van der Waals surface area contributed by atoms with E-state index in [2.05, 4.69) is 4.90 Å². The zero-order chi connectivity index (χ0) is 22.5. The van der Waals surface area contributed by atoms with Crippen LogP contribution in [0.1, 0.15) is 75.1 Å². The molecule has 0 spiro atoms. The lowest BCUT2D eigenvalue weighted by atomic mass is 9.82. The lowest BCUT2D eigenvalue weighted by molar-refractivity contribution is 0.0320. The van der Waals surface area contributed by atoms with Gasteiger partial charge in [0.2, 0.25) is 10.0 Å². The molecule has 1 heterocycles. The van der Waals surface area contributed by atoms with Crippen molar-refractivity contribution < 1.29 is 13.2 Å². The summed E-state index contributed by atoms with van der Waals surface area (Å²) < 4.78 is 26.6. The highest BCUT2D eigenvalue weighted by molar-refractivity contribution is 7.89. The van der Waals surface area contributed by atoms with E-state index in [1.807, 2.05) is 6.92 Å². The Labute approximate surface area is 209 Å². The van der Waals surface area contributed by atoms with E-state index in [1.165, 1.54) is 12.8 Å². The maximum atomic E-state index is 13.0. The van der Waals surface area contributed by atoms with E-state index >= 15 is 0 Å². The molecular formula is C23H35Cl3N2O3S. The summed E-state index contributed by atoms with van der Waals surface area (Å²) in [5.41, 5.74) is 0.497. The van der Waals surface area contributed by atoms with Gasteiger partial charge in [-0.05, 0) is 43.9 Å². The number of hydrogen-bond donors (Lipinski definition) is 0. The maximum Gasteiger partial charge on any atom is 0.214 e. The van der Waals surface area contributed by atoms with Crippen molar-refractivity contribution in [1.29, 1.82) is 0 Å². The monoisotopic (exact) mass is 524 g/mol. The predicted molar refractivity (Wildman–Crippen MR) is 135 cm³/mol. The van der Waals surface area contributed by atoms with E-state index in [9.17, 15) is 13.2 Å². The molecule has 0 unspecified atom stereocenters. The molecule has 0 aromatic heterocycles. The van der Waals surface area contributed by atoms with Gasteiger partial charge in [0, 0.05) is 48.7 Å². The smallest absolute Gasteiger partial charge is 0.214 e. The summed E-state index contributed by atoms with van der Waals surface area (Å²) >= 11 is 12.2. The molecule has 1 aliphatic heterocycles. The van der Waals surface area contributed by atoms with Crippen LogP contribution in [0.15, 0.2) is 18.2 Å². The molecule has 1 aliphatic carbocycles. The third kappa shape index (κ3) is 6.83. The fourth-order valence-electron chi connectivity index (χ4n) is 5.14. The van der Waals surface area contributed by atoms with Gasteiger partial charge in [-0.25, -0.2) is 8.42 Å². The second-order valence-electron chi connectivity index (χ2n) is 8.89. The van der Waals surface area contributed by atoms with Gasteiger partial charge in [0.25, 0.3) is 0 Å². The standard InChI is InChI=1S/C23H34Cl2N2O3S.ClH/c1-2-17-31(29,30)27-15-13-26(14-16-27)23(10-5-3-4-6-11-23)12-9-22(28)20-8-7-19(24)18-21(20)25;/h7-8,18H,2-6,9-17H2,1H3;1H. The quantitative estimate of drug-likeness (QED) is 0.316. The van der Waals surface area contributed by atoms with Crippen LogP contribution in [0.3, 0.4) is 0 Å². The van der Waals surface area contributed by atoms with Crippen LogP contribution in [-0.4, -0.2) is 60.9 Å². The average molecular weight is 526 g/mol. The number of benzene rings is 1. The van der Waals surface area contributed by atoms with Crippen LogP contribution in [0.25, 0.3) is 0 Å². The van der Waals surface area contributed by atoms with Gasteiger partial charge in [0.05, 0.1) is 10.8 Å². The molecule has 1 aromatic rings. The van der Waals surface area contributed by atoms with Crippen LogP contribution >= 0.6 is 35.6 Å². The molecule has 1 saturated heterocycles. The van der Waals surface area contributed by atoms with Crippen molar-refractivity contribution in [2.24, 2.45) is 0 Å². The number of piperazine rings is 1. The third-order valence-electron chi connectivity index (χ3n) is 6.85. The number of Topliss-reactive ketones (excluding diaryl/α,β-unsaturated/α-hetero) is 1. The summed E-state index contributed by atoms with van der Waals surface area (Å²) in [6.45, 7) is 4.46. The van der Waals surface area contributed by atoms with Gasteiger partial charge in [-0.2, -0.15) is 4.31 Å². The normalized spacial score (nSPS) is 20.3. The minimum atomic E-state index is -3.16. The summed E-state index contributed by atoms with van der Waals surface area (Å²) in [6, 6.07) is 5.04. The van der Waals surface area contributed by atoms with Gasteiger partial charge in [-0.3, -0.25) is 9.69 Å². The fourth-order valence-corrected chi connectivity index (χ4v) is 7.14. The zero-order valence-corrected chi connectivity index (χ0v) is 22.0. The Morgan fingerprint density at radius 2 is 1.66 bits per heavy atom. The molecule has 2 aliphatic rings. The SMILES string of the molecule is CCCS(=O)(=O)N1CCN(C2(CCC(=O)c3ccc(Cl)cc3Cl)CCCCCC2)CC1.Cl. The Kier molecular flexibility index (Phi) is 10.8. The van der Waals surface area contributed by atoms with E-state index in [4.69, 9.17) is 23.2 Å². The van der Waals surface area contributed by atoms with Crippen molar-refractivity contribution in [2.75, 3.05) is 31.9 Å². The summed E-state index contributed by atoms with van der Waals surface area (Å²) in [5.74, 6) is 0.267.